The minimum absolute atomic E-state index is 0.152. The van der Waals surface area contributed by atoms with Crippen molar-refractivity contribution in [2.24, 2.45) is 5.92 Å². The van der Waals surface area contributed by atoms with Crippen molar-refractivity contribution >= 4 is 17.5 Å². The number of amides is 1. The lowest BCUT2D eigenvalue weighted by Crippen LogP contribution is -2.38. The zero-order valence-electron chi connectivity index (χ0n) is 18.9. The van der Waals surface area contributed by atoms with E-state index >= 15 is 0 Å². The van der Waals surface area contributed by atoms with Crippen molar-refractivity contribution in [3.8, 4) is 5.75 Å². The summed E-state index contributed by atoms with van der Waals surface area (Å²) in [5.41, 5.74) is 0.821. The fraction of sp³-hybridized carbons (Fsp3) is 0.400. The van der Waals surface area contributed by atoms with Gasteiger partial charge in [0.15, 0.2) is 11.4 Å². The molecule has 1 aromatic carbocycles. The number of carbonyl (C=O) groups is 2. The molecule has 1 amide bonds. The molecular weight excluding hydrogens is 444 g/mol. The fourth-order valence-electron chi connectivity index (χ4n) is 4.67. The van der Waals surface area contributed by atoms with E-state index in [1.54, 1.807) is 29.7 Å². The first-order chi connectivity index (χ1) is 16.3. The van der Waals surface area contributed by atoms with E-state index in [-0.39, 0.29) is 30.0 Å². The molecule has 0 aliphatic heterocycles. The molecule has 0 spiro atoms. The van der Waals surface area contributed by atoms with Crippen LogP contribution in [-0.4, -0.2) is 32.4 Å². The van der Waals surface area contributed by atoms with Gasteiger partial charge < -0.3 is 15.2 Å². The maximum Gasteiger partial charge on any atom is 0.305 e. The highest BCUT2D eigenvalue weighted by Crippen LogP contribution is 2.30. The molecule has 9 heteroatoms. The van der Waals surface area contributed by atoms with Crippen LogP contribution in [0.15, 0.2) is 36.5 Å². The lowest BCUT2D eigenvalue weighted by Gasteiger charge is -2.20. The first-order valence-corrected chi connectivity index (χ1v) is 11.4. The number of nitrogens with zero attached hydrogens (tertiary/aromatic N) is 2. The number of rotatable bonds is 9. The molecule has 2 N–H and O–H groups in total. The second kappa shape index (κ2) is 10.2. The summed E-state index contributed by atoms with van der Waals surface area (Å²) in [7, 11) is 0. The van der Waals surface area contributed by atoms with Crippen LogP contribution in [0.5, 0.6) is 5.75 Å². The Balaban J connectivity index is 1.56. The number of fused-ring (bicyclic) bond motifs is 1. The van der Waals surface area contributed by atoms with Gasteiger partial charge in [-0.3, -0.25) is 14.0 Å². The standard InChI is InChI=1S/C25H27F2N3O4/c1-15-23(25(33)29-17(13-22(31)32)12-16-6-2-3-7-16)30-11-5-10-21(24(30)28-15)34-14-18-19(26)8-4-9-20(18)27/h4-5,8-11,16-17H,2-3,6-7,12-14H2,1H3,(H,29,33)(H,31,32)/t17-/m1/s1. The number of aliphatic carboxylic acids is 1. The van der Waals surface area contributed by atoms with Crippen LogP contribution in [-0.2, 0) is 11.4 Å². The van der Waals surface area contributed by atoms with Gasteiger partial charge in [-0.25, -0.2) is 13.8 Å². The molecule has 1 aliphatic carbocycles. The Hall–Kier alpha value is -3.49. The predicted octanol–water partition coefficient (Wildman–Crippen LogP) is 4.65. The highest BCUT2D eigenvalue weighted by Gasteiger charge is 2.26. The van der Waals surface area contributed by atoms with Gasteiger partial charge in [0.05, 0.1) is 17.7 Å². The van der Waals surface area contributed by atoms with Gasteiger partial charge in [0, 0.05) is 12.2 Å². The summed E-state index contributed by atoms with van der Waals surface area (Å²) >= 11 is 0. The molecule has 0 unspecified atom stereocenters. The van der Waals surface area contributed by atoms with E-state index in [4.69, 9.17) is 4.74 Å². The van der Waals surface area contributed by atoms with E-state index in [2.05, 4.69) is 10.3 Å². The third-order valence-corrected chi connectivity index (χ3v) is 6.29. The summed E-state index contributed by atoms with van der Waals surface area (Å²) in [5, 5.41) is 12.2. The van der Waals surface area contributed by atoms with Crippen LogP contribution in [0.25, 0.3) is 5.65 Å². The second-order valence-corrected chi connectivity index (χ2v) is 8.76. The highest BCUT2D eigenvalue weighted by atomic mass is 19.1. The van der Waals surface area contributed by atoms with E-state index in [9.17, 15) is 23.5 Å². The lowest BCUT2D eigenvalue weighted by atomic mass is 9.96. The monoisotopic (exact) mass is 471 g/mol. The number of ether oxygens (including phenoxy) is 1. The van der Waals surface area contributed by atoms with E-state index < -0.39 is 29.6 Å². The summed E-state index contributed by atoms with van der Waals surface area (Å²) < 4.78 is 35.1. The molecule has 2 heterocycles. The van der Waals surface area contributed by atoms with Crippen molar-refractivity contribution in [2.75, 3.05) is 0 Å². The van der Waals surface area contributed by atoms with Crippen molar-refractivity contribution in [2.45, 2.75) is 58.1 Å². The van der Waals surface area contributed by atoms with E-state index in [1.807, 2.05) is 0 Å². The van der Waals surface area contributed by atoms with Gasteiger partial charge in [0.1, 0.15) is 23.9 Å². The molecule has 7 nitrogen and oxygen atoms in total. The third-order valence-electron chi connectivity index (χ3n) is 6.29. The molecule has 4 rings (SSSR count). The zero-order chi connectivity index (χ0) is 24.2. The normalized spacial score (nSPS) is 14.9. The van der Waals surface area contributed by atoms with Crippen LogP contribution in [0, 0.1) is 24.5 Å². The third kappa shape index (κ3) is 5.18. The van der Waals surface area contributed by atoms with Crippen LogP contribution in [0.4, 0.5) is 8.78 Å². The number of carbonyl (C=O) groups excluding carboxylic acids is 1. The van der Waals surface area contributed by atoms with Crippen LogP contribution < -0.4 is 10.1 Å². The molecule has 34 heavy (non-hydrogen) atoms. The largest absolute Gasteiger partial charge is 0.485 e. The summed E-state index contributed by atoms with van der Waals surface area (Å²) in [4.78, 5) is 29.0. The number of imidazole rings is 1. The topological polar surface area (TPSA) is 92.9 Å². The Labute approximate surface area is 195 Å². The molecular formula is C25H27F2N3O4. The van der Waals surface area contributed by atoms with Gasteiger partial charge in [-0.15, -0.1) is 0 Å². The summed E-state index contributed by atoms with van der Waals surface area (Å²) in [6, 6.07) is 6.36. The van der Waals surface area contributed by atoms with Gasteiger partial charge in [-0.1, -0.05) is 31.7 Å². The van der Waals surface area contributed by atoms with Crippen molar-refractivity contribution < 1.29 is 28.2 Å². The Morgan fingerprint density at radius 2 is 1.91 bits per heavy atom. The minimum atomic E-state index is -0.964. The molecule has 0 radical (unpaired) electrons. The van der Waals surface area contributed by atoms with Gasteiger partial charge in [0.25, 0.3) is 5.91 Å². The zero-order valence-corrected chi connectivity index (χ0v) is 18.9. The van der Waals surface area contributed by atoms with Gasteiger partial charge in [-0.2, -0.15) is 0 Å². The molecule has 3 aromatic rings. The predicted molar refractivity (Wildman–Crippen MR) is 121 cm³/mol. The van der Waals surface area contributed by atoms with Crippen molar-refractivity contribution in [3.05, 3.63) is 65.1 Å². The summed E-state index contributed by atoms with van der Waals surface area (Å²) in [5.74, 6) is -2.13. The van der Waals surface area contributed by atoms with Crippen molar-refractivity contribution in [1.82, 2.24) is 14.7 Å². The smallest absolute Gasteiger partial charge is 0.305 e. The van der Waals surface area contributed by atoms with Crippen molar-refractivity contribution in [3.63, 3.8) is 0 Å². The second-order valence-electron chi connectivity index (χ2n) is 8.76. The molecule has 1 aliphatic rings. The maximum absolute atomic E-state index is 14.0. The Bertz CT molecular complexity index is 1180. The van der Waals surface area contributed by atoms with Gasteiger partial charge in [-0.05, 0) is 43.5 Å². The molecule has 1 atom stereocenters. The quantitative estimate of drug-likeness (QED) is 0.474. The molecule has 1 saturated carbocycles. The van der Waals surface area contributed by atoms with Gasteiger partial charge in [0.2, 0.25) is 0 Å². The number of pyridine rings is 1. The van der Waals surface area contributed by atoms with Crippen LogP contribution in [0.2, 0.25) is 0 Å². The van der Waals surface area contributed by atoms with E-state index in [0.29, 0.717) is 23.7 Å². The number of hydrogen-bond donors (Lipinski definition) is 2. The molecule has 0 saturated heterocycles. The fourth-order valence-corrected chi connectivity index (χ4v) is 4.67. The number of hydrogen-bond acceptors (Lipinski definition) is 4. The SMILES string of the molecule is Cc1nc2c(OCc3c(F)cccc3F)cccn2c1C(=O)N[C@@H](CC(=O)O)CC1CCCC1. The number of aromatic nitrogens is 2. The number of halogens is 2. The number of aryl methyl sites for hydroxylation is 1. The van der Waals surface area contributed by atoms with Crippen LogP contribution in [0.1, 0.15) is 60.3 Å². The maximum atomic E-state index is 14.0. The van der Waals surface area contributed by atoms with Crippen LogP contribution >= 0.6 is 0 Å². The average molecular weight is 472 g/mol. The average Bonchev–Trinajstić information content (AvgIpc) is 3.39. The Morgan fingerprint density at radius 1 is 1.21 bits per heavy atom. The number of carboxylic acid groups (broad SMARTS) is 1. The molecule has 1 fully saturated rings. The van der Waals surface area contributed by atoms with Gasteiger partial charge >= 0.3 is 5.97 Å². The van der Waals surface area contributed by atoms with E-state index in [1.165, 1.54) is 6.07 Å². The van der Waals surface area contributed by atoms with Crippen LogP contribution in [0.3, 0.4) is 0 Å². The van der Waals surface area contributed by atoms with Crippen molar-refractivity contribution in [1.29, 1.82) is 0 Å². The Kier molecular flexibility index (Phi) is 7.09. The first kappa shape index (κ1) is 23.7. The number of benzene rings is 1. The molecule has 180 valence electrons. The molecule has 0 bridgehead atoms. The molecule has 2 aromatic heterocycles. The highest BCUT2D eigenvalue weighted by molar-refractivity contribution is 5.95. The first-order valence-electron chi connectivity index (χ1n) is 11.4. The summed E-state index contributed by atoms with van der Waals surface area (Å²) in [6.07, 6.45) is 6.46. The number of nitrogens with one attached hydrogen (secondary N) is 1. The summed E-state index contributed by atoms with van der Waals surface area (Å²) in [6.45, 7) is 1.33. The number of carboxylic acids is 1. The van der Waals surface area contributed by atoms with E-state index in [0.717, 1.165) is 37.8 Å². The lowest BCUT2D eigenvalue weighted by molar-refractivity contribution is -0.137. The minimum Gasteiger partial charge on any atom is -0.485 e. The Morgan fingerprint density at radius 3 is 2.59 bits per heavy atom.